The minimum Gasteiger partial charge on any atom is -0.471 e. The lowest BCUT2D eigenvalue weighted by Gasteiger charge is -2.44. The highest BCUT2D eigenvalue weighted by Gasteiger charge is 2.46. The van der Waals surface area contributed by atoms with Crippen molar-refractivity contribution in [3.05, 3.63) is 12.3 Å². The van der Waals surface area contributed by atoms with Crippen LogP contribution in [0.15, 0.2) is 12.3 Å². The summed E-state index contributed by atoms with van der Waals surface area (Å²) >= 11 is 0. The van der Waals surface area contributed by atoms with E-state index in [1.807, 2.05) is 20.8 Å². The van der Waals surface area contributed by atoms with Gasteiger partial charge in [0.25, 0.3) is 0 Å². The highest BCUT2D eigenvalue weighted by Crippen LogP contribution is 2.29. The largest absolute Gasteiger partial charge is 0.471 e. The average Bonchev–Trinajstić information content (AvgIpc) is 3.07. The number of carbonyl (C=O) groups is 2. The van der Waals surface area contributed by atoms with Crippen LogP contribution in [0.3, 0.4) is 0 Å². The van der Waals surface area contributed by atoms with Crippen LogP contribution in [0.5, 0.6) is 0 Å². The standard InChI is InChI=1S/C38H43NO6.C2H6/c1-5-8-10-12-14-16-17-18-19-20-21-23-25-27-33(41)30-35(42)39-36-37(43-29-26-24-22-15-13-11-9-6-2)32(4)34(31-40)45-38(36)44-28-7-3;1-2/h1,7,28,32,34,36-38,40H,6,9,11,13,15,22,24,26-27,29-31H2,2-4H3,(H,39,42);1-2H3/b28-7-;/t32-,34-,36?,37+,38+;/m1./s1. The Bertz CT molecular complexity index is 1380. The second kappa shape index (κ2) is 30.2. The molecule has 250 valence electrons. The normalized spacial score (nSPS) is 18.7. The summed E-state index contributed by atoms with van der Waals surface area (Å²) in [7, 11) is 0. The van der Waals surface area contributed by atoms with Crippen molar-refractivity contribution >= 4 is 11.7 Å². The summed E-state index contributed by atoms with van der Waals surface area (Å²) in [6, 6.07) is -0.686. The Hall–Kier alpha value is -4.52. The lowest BCUT2D eigenvalue weighted by Crippen LogP contribution is -2.62. The Labute approximate surface area is 283 Å². The number of amides is 1. The van der Waals surface area contributed by atoms with E-state index >= 15 is 0 Å². The fraction of sp³-hybridized carbons (Fsp3) is 0.550. The van der Waals surface area contributed by atoms with Crippen molar-refractivity contribution in [1.29, 1.82) is 0 Å². The zero-order valence-corrected chi connectivity index (χ0v) is 28.6. The molecule has 0 spiro atoms. The molecule has 0 saturated carbocycles. The molecule has 0 aromatic heterocycles. The van der Waals surface area contributed by atoms with Crippen LogP contribution in [0.2, 0.25) is 0 Å². The van der Waals surface area contributed by atoms with Gasteiger partial charge in [-0.05, 0) is 84.4 Å². The minimum atomic E-state index is -0.896. The topological polar surface area (TPSA) is 94.1 Å². The van der Waals surface area contributed by atoms with Gasteiger partial charge >= 0.3 is 0 Å². The molecule has 0 aromatic carbocycles. The third-order valence-electron chi connectivity index (χ3n) is 6.65. The van der Waals surface area contributed by atoms with Crippen LogP contribution in [-0.4, -0.2) is 54.6 Å². The number of carbonyl (C=O) groups excluding carboxylic acids is 2. The Morgan fingerprint density at radius 2 is 1.43 bits per heavy atom. The van der Waals surface area contributed by atoms with Crippen LogP contribution in [0, 0.1) is 89.3 Å². The maximum Gasteiger partial charge on any atom is 0.228 e. The number of allylic oxidation sites excluding steroid dienone is 1. The first-order valence-electron chi connectivity index (χ1n) is 16.4. The maximum atomic E-state index is 12.9. The van der Waals surface area contributed by atoms with Crippen molar-refractivity contribution in [3.8, 4) is 83.4 Å². The van der Waals surface area contributed by atoms with Crippen molar-refractivity contribution < 1.29 is 28.9 Å². The van der Waals surface area contributed by atoms with Gasteiger partial charge in [0, 0.05) is 12.5 Å². The number of rotatable bonds is 17. The lowest BCUT2D eigenvalue weighted by atomic mass is 9.89. The van der Waals surface area contributed by atoms with E-state index in [-0.39, 0.29) is 31.1 Å². The van der Waals surface area contributed by atoms with E-state index in [1.165, 1.54) is 38.4 Å². The number of terminal acetylenes is 1. The van der Waals surface area contributed by atoms with Gasteiger partial charge in [-0.2, -0.15) is 0 Å². The number of aliphatic hydroxyl groups is 1. The highest BCUT2D eigenvalue weighted by molar-refractivity contribution is 5.99. The zero-order chi connectivity index (χ0) is 35.0. The molecule has 1 amide bonds. The van der Waals surface area contributed by atoms with Crippen LogP contribution >= 0.6 is 0 Å². The van der Waals surface area contributed by atoms with Crippen molar-refractivity contribution in [2.24, 2.45) is 5.92 Å². The number of unbranched alkanes of at least 4 members (excludes halogenated alkanes) is 7. The van der Waals surface area contributed by atoms with Crippen molar-refractivity contribution in [3.63, 3.8) is 0 Å². The van der Waals surface area contributed by atoms with Crippen LogP contribution in [0.1, 0.15) is 98.8 Å². The predicted octanol–water partition coefficient (Wildman–Crippen LogP) is 4.93. The summed E-state index contributed by atoms with van der Waals surface area (Å²) in [5.41, 5.74) is 0. The summed E-state index contributed by atoms with van der Waals surface area (Å²) in [5, 5.41) is 12.8. The SMILES string of the molecule is C#CC#CC#CC#CC#CC#CC#CCC(=O)CC(=O)NC1[C@@H](O/C=C\C)O[C@H](CO)[C@@H](C)[C@@H]1OCCCCCCCCCC.CC. The predicted molar refractivity (Wildman–Crippen MR) is 186 cm³/mol. The average molecular weight is 640 g/mol. The van der Waals surface area contributed by atoms with Gasteiger partial charge in [-0.1, -0.05) is 84.6 Å². The number of ether oxygens (including phenoxy) is 3. The van der Waals surface area contributed by atoms with Crippen LogP contribution in [0.25, 0.3) is 0 Å². The molecular formula is C40H49NO6. The fourth-order valence-electron chi connectivity index (χ4n) is 4.40. The van der Waals surface area contributed by atoms with Crippen molar-refractivity contribution in [1.82, 2.24) is 5.32 Å². The molecule has 1 rings (SSSR count). The Kier molecular flexibility index (Phi) is 27.3. The molecule has 2 N–H and O–H groups in total. The summed E-state index contributed by atoms with van der Waals surface area (Å²) in [6.45, 7) is 10.2. The number of Topliss-reactive ketones (excluding diaryl/α,β-unsaturated/α-hetero) is 1. The number of hydrogen-bond donors (Lipinski definition) is 2. The smallest absolute Gasteiger partial charge is 0.228 e. The third kappa shape index (κ3) is 21.0. The zero-order valence-electron chi connectivity index (χ0n) is 28.6. The molecule has 1 aliphatic heterocycles. The second-order valence-corrected chi connectivity index (χ2v) is 10.2. The first-order chi connectivity index (χ1) is 23.0. The molecule has 1 heterocycles. The molecule has 5 atom stereocenters. The van der Waals surface area contributed by atoms with Gasteiger partial charge in [0.1, 0.15) is 6.04 Å². The van der Waals surface area contributed by atoms with Crippen molar-refractivity contribution in [2.75, 3.05) is 13.2 Å². The van der Waals surface area contributed by atoms with E-state index in [4.69, 9.17) is 20.6 Å². The van der Waals surface area contributed by atoms with Gasteiger partial charge in [-0.3, -0.25) is 9.59 Å². The number of ketones is 1. The number of hydrogen-bond acceptors (Lipinski definition) is 6. The first-order valence-corrected chi connectivity index (χ1v) is 16.4. The summed E-state index contributed by atoms with van der Waals surface area (Å²) in [6.07, 6.45) is 15.1. The van der Waals surface area contributed by atoms with E-state index in [0.717, 1.165) is 19.3 Å². The van der Waals surface area contributed by atoms with E-state index in [0.29, 0.717) is 6.61 Å². The molecule has 1 aliphatic rings. The van der Waals surface area contributed by atoms with Crippen molar-refractivity contribution in [2.45, 2.75) is 123 Å². The molecule has 0 aromatic rings. The molecule has 7 nitrogen and oxygen atoms in total. The Morgan fingerprint density at radius 1 is 0.872 bits per heavy atom. The molecule has 0 radical (unpaired) electrons. The number of nitrogens with one attached hydrogen (secondary N) is 1. The Morgan fingerprint density at radius 3 is 1.98 bits per heavy atom. The van der Waals surface area contributed by atoms with E-state index in [1.54, 1.807) is 13.0 Å². The molecule has 1 saturated heterocycles. The van der Waals surface area contributed by atoms with E-state index in [9.17, 15) is 14.7 Å². The van der Waals surface area contributed by atoms with Gasteiger partial charge in [0.05, 0.1) is 37.9 Å². The van der Waals surface area contributed by atoms with Gasteiger partial charge in [-0.25, -0.2) is 0 Å². The monoisotopic (exact) mass is 639 g/mol. The molecule has 1 fully saturated rings. The minimum absolute atomic E-state index is 0.148. The molecule has 0 aliphatic carbocycles. The highest BCUT2D eigenvalue weighted by atomic mass is 16.7. The van der Waals surface area contributed by atoms with Crippen LogP contribution in [-0.2, 0) is 23.8 Å². The molecule has 7 heteroatoms. The van der Waals surface area contributed by atoms with Gasteiger partial charge in [0.15, 0.2) is 5.78 Å². The summed E-state index contributed by atoms with van der Waals surface area (Å²) in [4.78, 5) is 25.3. The first kappa shape index (κ1) is 42.5. The number of aliphatic hydroxyl groups excluding tert-OH is 1. The quantitative estimate of drug-likeness (QED) is 0.102. The third-order valence-corrected chi connectivity index (χ3v) is 6.65. The molecule has 1 unspecified atom stereocenters. The van der Waals surface area contributed by atoms with Crippen LogP contribution < -0.4 is 5.32 Å². The molecule has 0 bridgehead atoms. The fourth-order valence-corrected chi connectivity index (χ4v) is 4.40. The van der Waals surface area contributed by atoms with E-state index < -0.39 is 30.4 Å². The van der Waals surface area contributed by atoms with Crippen LogP contribution in [0.4, 0.5) is 0 Å². The summed E-state index contributed by atoms with van der Waals surface area (Å²) in [5.74, 6) is 30.8. The maximum absolute atomic E-state index is 12.9. The van der Waals surface area contributed by atoms with Gasteiger partial charge in [0.2, 0.25) is 12.2 Å². The van der Waals surface area contributed by atoms with Gasteiger partial charge in [-0.15, -0.1) is 6.42 Å². The molecular weight excluding hydrogens is 590 g/mol. The second-order valence-electron chi connectivity index (χ2n) is 10.2. The van der Waals surface area contributed by atoms with Gasteiger partial charge < -0.3 is 24.6 Å². The van der Waals surface area contributed by atoms with E-state index in [2.05, 4.69) is 89.2 Å². The molecule has 47 heavy (non-hydrogen) atoms. The lowest BCUT2D eigenvalue weighted by molar-refractivity contribution is -0.245. The Balaban J connectivity index is 0.0000104. The summed E-state index contributed by atoms with van der Waals surface area (Å²) < 4.78 is 18.0.